The first kappa shape index (κ1) is 14.4. The normalized spacial score (nSPS) is 7.08. The first-order valence-electron chi connectivity index (χ1n) is 4.85. The molecule has 0 aliphatic carbocycles. The molecule has 1 aromatic rings. The van der Waals surface area contributed by atoms with Crippen LogP contribution in [0.5, 0.6) is 0 Å². The van der Waals surface area contributed by atoms with E-state index in [4.69, 9.17) is 0 Å². The highest BCUT2D eigenvalue weighted by Crippen LogP contribution is 1.91. The van der Waals surface area contributed by atoms with E-state index in [1.807, 2.05) is 32.0 Å². The van der Waals surface area contributed by atoms with Gasteiger partial charge in [-0.3, -0.25) is 4.79 Å². The topological polar surface area (TPSA) is 17.1 Å². The Labute approximate surface area is 81.8 Å². The standard InChI is InChI=1S/C7H6O.C3H8.C2H6/c8-6-7-4-2-1-3-5-7;1-3-2;1-2/h1-6H;3H2,1-2H3;1-2H3. The third-order valence-electron chi connectivity index (χ3n) is 0.936. The van der Waals surface area contributed by atoms with Crippen LogP contribution in [0.15, 0.2) is 30.3 Å². The van der Waals surface area contributed by atoms with Gasteiger partial charge in [0.05, 0.1) is 0 Å². The van der Waals surface area contributed by atoms with Gasteiger partial charge in [0.2, 0.25) is 0 Å². The second-order valence-electron chi connectivity index (χ2n) is 2.24. The zero-order valence-corrected chi connectivity index (χ0v) is 9.08. The fourth-order valence-corrected chi connectivity index (χ4v) is 0.532. The minimum absolute atomic E-state index is 0.729. The number of carbonyl (C=O) groups is 1. The molecule has 13 heavy (non-hydrogen) atoms. The SMILES string of the molecule is CC.CCC.O=Cc1ccccc1. The van der Waals surface area contributed by atoms with Crippen LogP contribution in [0, 0.1) is 0 Å². The Morgan fingerprint density at radius 3 is 1.69 bits per heavy atom. The van der Waals surface area contributed by atoms with Crippen LogP contribution in [-0.4, -0.2) is 6.29 Å². The van der Waals surface area contributed by atoms with Crippen LogP contribution in [0.4, 0.5) is 0 Å². The molecule has 0 spiro atoms. The van der Waals surface area contributed by atoms with Crippen molar-refractivity contribution >= 4 is 6.29 Å². The minimum atomic E-state index is 0.729. The third-order valence-corrected chi connectivity index (χ3v) is 0.936. The highest BCUT2D eigenvalue weighted by atomic mass is 16.1. The Bertz CT molecular complexity index is 180. The Morgan fingerprint density at radius 1 is 1.08 bits per heavy atom. The van der Waals surface area contributed by atoms with E-state index >= 15 is 0 Å². The predicted molar refractivity (Wildman–Crippen MR) is 59.1 cm³/mol. The number of hydrogen-bond donors (Lipinski definition) is 0. The molecule has 0 aromatic heterocycles. The van der Waals surface area contributed by atoms with Crippen molar-refractivity contribution in [1.29, 1.82) is 0 Å². The van der Waals surface area contributed by atoms with Gasteiger partial charge in [0.25, 0.3) is 0 Å². The average molecular weight is 180 g/mol. The van der Waals surface area contributed by atoms with Crippen molar-refractivity contribution in [3.8, 4) is 0 Å². The van der Waals surface area contributed by atoms with Gasteiger partial charge in [-0.2, -0.15) is 0 Å². The molecule has 0 fully saturated rings. The molecule has 0 unspecified atom stereocenters. The zero-order valence-electron chi connectivity index (χ0n) is 9.08. The van der Waals surface area contributed by atoms with Crippen molar-refractivity contribution in [1.82, 2.24) is 0 Å². The molecule has 0 amide bonds. The van der Waals surface area contributed by atoms with E-state index in [2.05, 4.69) is 13.8 Å². The monoisotopic (exact) mass is 180 g/mol. The van der Waals surface area contributed by atoms with Crippen LogP contribution in [0.25, 0.3) is 0 Å². The van der Waals surface area contributed by atoms with Crippen molar-refractivity contribution < 1.29 is 4.79 Å². The molecule has 0 heterocycles. The minimum Gasteiger partial charge on any atom is -0.298 e. The molecule has 1 heteroatoms. The molecule has 1 rings (SSSR count). The van der Waals surface area contributed by atoms with Gasteiger partial charge in [-0.25, -0.2) is 0 Å². The number of rotatable bonds is 1. The summed E-state index contributed by atoms with van der Waals surface area (Å²) < 4.78 is 0. The highest BCUT2D eigenvalue weighted by Gasteiger charge is 1.79. The summed E-state index contributed by atoms with van der Waals surface area (Å²) in [6, 6.07) is 9.10. The zero-order chi connectivity index (χ0) is 10.5. The molecule has 74 valence electrons. The maximum Gasteiger partial charge on any atom is 0.150 e. The third kappa shape index (κ3) is 10.9. The van der Waals surface area contributed by atoms with E-state index in [-0.39, 0.29) is 0 Å². The summed E-state index contributed by atoms with van der Waals surface area (Å²) in [5.74, 6) is 0. The van der Waals surface area contributed by atoms with Gasteiger partial charge in [0.1, 0.15) is 6.29 Å². The summed E-state index contributed by atoms with van der Waals surface area (Å²) in [7, 11) is 0. The molecular weight excluding hydrogens is 160 g/mol. The largest absolute Gasteiger partial charge is 0.298 e. The summed E-state index contributed by atoms with van der Waals surface area (Å²) in [5, 5.41) is 0. The van der Waals surface area contributed by atoms with E-state index in [1.54, 1.807) is 12.1 Å². The van der Waals surface area contributed by atoms with Gasteiger partial charge in [-0.15, -0.1) is 0 Å². The van der Waals surface area contributed by atoms with E-state index < -0.39 is 0 Å². The van der Waals surface area contributed by atoms with E-state index in [1.165, 1.54) is 6.42 Å². The summed E-state index contributed by atoms with van der Waals surface area (Å²) in [6.07, 6.45) is 2.08. The lowest BCUT2D eigenvalue weighted by Crippen LogP contribution is -1.73. The van der Waals surface area contributed by atoms with Gasteiger partial charge < -0.3 is 0 Å². The second kappa shape index (κ2) is 13.5. The van der Waals surface area contributed by atoms with E-state index in [0.717, 1.165) is 11.8 Å². The molecule has 0 saturated carbocycles. The smallest absolute Gasteiger partial charge is 0.150 e. The summed E-state index contributed by atoms with van der Waals surface area (Å²) in [4.78, 5) is 10.0. The van der Waals surface area contributed by atoms with Crippen molar-refractivity contribution in [3.63, 3.8) is 0 Å². The molecule has 1 nitrogen and oxygen atoms in total. The molecule has 0 aliphatic heterocycles. The van der Waals surface area contributed by atoms with Gasteiger partial charge >= 0.3 is 0 Å². The fraction of sp³-hybridized carbons (Fsp3) is 0.417. The molecular formula is C12H20O. The van der Waals surface area contributed by atoms with E-state index in [9.17, 15) is 4.79 Å². The predicted octanol–water partition coefficient (Wildman–Crippen LogP) is 3.94. The van der Waals surface area contributed by atoms with Crippen molar-refractivity contribution in [2.24, 2.45) is 0 Å². The van der Waals surface area contributed by atoms with Gasteiger partial charge in [0, 0.05) is 5.56 Å². The van der Waals surface area contributed by atoms with Crippen LogP contribution < -0.4 is 0 Å². The van der Waals surface area contributed by atoms with Crippen molar-refractivity contribution in [3.05, 3.63) is 35.9 Å². The maximum absolute atomic E-state index is 10.0. The molecule has 0 saturated heterocycles. The van der Waals surface area contributed by atoms with Gasteiger partial charge in [0.15, 0.2) is 0 Å². The lowest BCUT2D eigenvalue weighted by molar-refractivity contribution is 0.112. The van der Waals surface area contributed by atoms with Crippen molar-refractivity contribution in [2.45, 2.75) is 34.1 Å². The number of carbonyl (C=O) groups excluding carboxylic acids is 1. The number of hydrogen-bond acceptors (Lipinski definition) is 1. The Hall–Kier alpha value is -1.11. The lowest BCUT2D eigenvalue weighted by Gasteiger charge is -1.81. The summed E-state index contributed by atoms with van der Waals surface area (Å²) in [5.41, 5.74) is 0.729. The van der Waals surface area contributed by atoms with Crippen LogP contribution in [0.3, 0.4) is 0 Å². The molecule has 0 bridgehead atoms. The number of benzene rings is 1. The van der Waals surface area contributed by atoms with Crippen molar-refractivity contribution in [2.75, 3.05) is 0 Å². The van der Waals surface area contributed by atoms with Gasteiger partial charge in [-0.1, -0.05) is 64.4 Å². The maximum atomic E-state index is 10.0. The average Bonchev–Trinajstić information content (AvgIpc) is 2.23. The second-order valence-corrected chi connectivity index (χ2v) is 2.24. The quantitative estimate of drug-likeness (QED) is 0.598. The van der Waals surface area contributed by atoms with Gasteiger partial charge in [-0.05, 0) is 0 Å². The Balaban J connectivity index is 0. The van der Waals surface area contributed by atoms with Crippen LogP contribution in [0.1, 0.15) is 44.5 Å². The van der Waals surface area contributed by atoms with Crippen LogP contribution in [-0.2, 0) is 0 Å². The first-order valence-corrected chi connectivity index (χ1v) is 4.85. The molecule has 0 atom stereocenters. The van der Waals surface area contributed by atoms with Crippen LogP contribution in [0.2, 0.25) is 0 Å². The highest BCUT2D eigenvalue weighted by molar-refractivity contribution is 5.74. The van der Waals surface area contributed by atoms with E-state index in [0.29, 0.717) is 0 Å². The Kier molecular flexibility index (Phi) is 14.9. The number of aldehydes is 1. The summed E-state index contributed by atoms with van der Waals surface area (Å²) in [6.45, 7) is 8.25. The molecule has 0 radical (unpaired) electrons. The molecule has 0 N–H and O–H groups in total. The van der Waals surface area contributed by atoms with Crippen LogP contribution >= 0.6 is 0 Å². The fourth-order valence-electron chi connectivity index (χ4n) is 0.532. The summed E-state index contributed by atoms with van der Waals surface area (Å²) >= 11 is 0. The first-order chi connectivity index (χ1) is 6.35. The molecule has 0 aliphatic rings. The molecule has 1 aromatic carbocycles. The lowest BCUT2D eigenvalue weighted by atomic mass is 10.2. The Morgan fingerprint density at radius 2 is 1.46 bits per heavy atom.